The Bertz CT molecular complexity index is 1420. The molecule has 3 fully saturated rings. The molecule has 0 radical (unpaired) electrons. The number of aliphatic hydroxyl groups excluding tert-OH is 2. The summed E-state index contributed by atoms with van der Waals surface area (Å²) in [6.45, 7) is 59.3. The highest BCUT2D eigenvalue weighted by Gasteiger charge is 2.60. The Hall–Kier alpha value is -0.440. The fourth-order valence-corrected chi connectivity index (χ4v) is 13.1. The second kappa shape index (κ2) is 18.8. The van der Waals surface area contributed by atoms with Crippen LogP contribution in [0.1, 0.15) is 206 Å². The summed E-state index contributed by atoms with van der Waals surface area (Å²) < 4.78 is 28.5. The van der Waals surface area contributed by atoms with Gasteiger partial charge in [-0.25, -0.2) is 0 Å². The molecular formula is C52H104N4O7. The van der Waals surface area contributed by atoms with E-state index in [2.05, 4.69) is 200 Å². The molecule has 1 saturated carbocycles. The lowest BCUT2D eigenvalue weighted by Crippen LogP contribution is -2.75. The minimum atomic E-state index is -1.39. The van der Waals surface area contributed by atoms with Gasteiger partial charge in [0, 0.05) is 56.9 Å². The Morgan fingerprint density at radius 3 is 1.30 bits per heavy atom. The van der Waals surface area contributed by atoms with E-state index >= 15 is 0 Å². The van der Waals surface area contributed by atoms with E-state index in [1.807, 2.05) is 0 Å². The minimum absolute atomic E-state index is 0.0473. The predicted octanol–water partition coefficient (Wildman–Crippen LogP) is 9.22. The first kappa shape index (κ1) is 56.9. The zero-order chi connectivity index (χ0) is 49.4. The lowest BCUT2D eigenvalue weighted by Gasteiger charge is -2.61. The van der Waals surface area contributed by atoms with Gasteiger partial charge in [0.25, 0.3) is 0 Å². The molecule has 0 spiro atoms. The van der Waals surface area contributed by atoms with Crippen molar-refractivity contribution in [1.82, 2.24) is 19.6 Å². The Balaban J connectivity index is 2.39. The molecule has 3 aliphatic rings. The molecule has 2 saturated heterocycles. The molecule has 63 heavy (non-hydrogen) atoms. The molecule has 11 heteroatoms. The molecule has 374 valence electrons. The van der Waals surface area contributed by atoms with Crippen LogP contribution in [0, 0.1) is 5.41 Å². The van der Waals surface area contributed by atoms with Gasteiger partial charge in [0.2, 0.25) is 0 Å². The van der Waals surface area contributed by atoms with Crippen LogP contribution in [0.15, 0.2) is 0 Å². The van der Waals surface area contributed by atoms with E-state index in [0.717, 1.165) is 12.8 Å². The van der Waals surface area contributed by atoms with Crippen LogP contribution in [0.2, 0.25) is 0 Å². The number of rotatable bonds is 9. The van der Waals surface area contributed by atoms with Gasteiger partial charge in [0.15, 0.2) is 12.6 Å². The maximum atomic E-state index is 13.5. The molecule has 0 aromatic rings. The Morgan fingerprint density at radius 1 is 0.524 bits per heavy atom. The Morgan fingerprint density at radius 2 is 0.921 bits per heavy atom. The average molecular weight is 897 g/mol. The van der Waals surface area contributed by atoms with Gasteiger partial charge in [-0.3, -0.25) is 19.6 Å². The van der Waals surface area contributed by atoms with Crippen molar-refractivity contribution in [3.05, 3.63) is 0 Å². The zero-order valence-corrected chi connectivity index (χ0v) is 46.0. The summed E-state index contributed by atoms with van der Waals surface area (Å²) in [4.78, 5) is 9.78. The highest BCUT2D eigenvalue weighted by Crippen LogP contribution is 2.46. The largest absolute Gasteiger partial charge is 0.388 e. The van der Waals surface area contributed by atoms with E-state index < -0.39 is 59.7 Å². The summed E-state index contributed by atoms with van der Waals surface area (Å²) in [5.74, 6) is 0. The summed E-state index contributed by atoms with van der Waals surface area (Å²) in [6.07, 6.45) is -3.48. The van der Waals surface area contributed by atoms with Gasteiger partial charge in [-0.05, 0) is 191 Å². The fourth-order valence-electron chi connectivity index (χ4n) is 13.1. The van der Waals surface area contributed by atoms with Crippen molar-refractivity contribution >= 4 is 0 Å². The predicted molar refractivity (Wildman–Crippen MR) is 260 cm³/mol. The van der Waals surface area contributed by atoms with Crippen LogP contribution >= 0.6 is 0 Å². The van der Waals surface area contributed by atoms with E-state index in [0.29, 0.717) is 6.42 Å². The van der Waals surface area contributed by atoms with E-state index in [1.54, 1.807) is 6.92 Å². The van der Waals surface area contributed by atoms with Crippen LogP contribution < -0.4 is 0 Å². The smallest absolute Gasteiger partial charge is 0.185 e. The van der Waals surface area contributed by atoms with Crippen LogP contribution in [0.3, 0.4) is 0 Å². The monoisotopic (exact) mass is 897 g/mol. The normalized spacial score (nSPS) is 34.2. The van der Waals surface area contributed by atoms with Gasteiger partial charge in [-0.2, -0.15) is 0 Å². The lowest BCUT2D eigenvalue weighted by molar-refractivity contribution is -0.338. The van der Waals surface area contributed by atoms with E-state index in [-0.39, 0.29) is 70.0 Å². The molecule has 3 N–H and O–H groups in total. The summed E-state index contributed by atoms with van der Waals surface area (Å²) >= 11 is 0. The number of hydrogen-bond donors (Lipinski definition) is 3. The lowest BCUT2D eigenvalue weighted by atomic mass is 9.76. The molecule has 2 unspecified atom stereocenters. The Labute approximate surface area is 388 Å². The molecule has 1 aliphatic carbocycles. The van der Waals surface area contributed by atoms with Crippen LogP contribution in [0.25, 0.3) is 0 Å². The average Bonchev–Trinajstić information content (AvgIpc) is 2.99. The second-order valence-corrected chi connectivity index (χ2v) is 28.3. The summed E-state index contributed by atoms with van der Waals surface area (Å²) in [6, 6.07) is -1.34. The molecule has 0 bridgehead atoms. The van der Waals surface area contributed by atoms with Gasteiger partial charge in [0.1, 0.15) is 30.0 Å². The van der Waals surface area contributed by atoms with Gasteiger partial charge in [-0.15, -0.1) is 0 Å². The topological polar surface area (TPSA) is 111 Å². The molecule has 2 aliphatic heterocycles. The molecule has 2 heterocycles. The number of nitrogens with zero attached hydrogens (tertiary/aromatic N) is 4. The standard InChI is InChI=1S/C52H104N4O7/c1-32(2)53(45(6,7)8)34-30-35(55(48(15,16)17)49(18,19)20)40(62-42-33(28-29-36(61-42)44(3,4)5)54(46(9,10)11)47(12,13)14)37(57)39(34)63-43-38(58)41(52(27,59)31-60-43)56(50(21,22)23)51(24,25)26/h32-43,57-59H,28-31H2,1-27H3/t33-,34-,35?,36?,37-,38-,39+,40-,41-,42-,43-,52+/m1/s1. The quantitative estimate of drug-likeness (QED) is 0.206. The van der Waals surface area contributed by atoms with Crippen LogP contribution in [0.5, 0.6) is 0 Å². The molecule has 0 amide bonds. The van der Waals surface area contributed by atoms with Crippen LogP contribution in [0.4, 0.5) is 0 Å². The highest BCUT2D eigenvalue weighted by atomic mass is 16.7. The summed E-state index contributed by atoms with van der Waals surface area (Å²) in [5.41, 5.74) is -3.74. The van der Waals surface area contributed by atoms with Gasteiger partial charge < -0.3 is 34.3 Å². The molecule has 0 aromatic heterocycles. The Kier molecular flexibility index (Phi) is 17.0. The molecule has 12 atom stereocenters. The first-order chi connectivity index (χ1) is 27.8. The zero-order valence-electron chi connectivity index (χ0n) is 46.0. The van der Waals surface area contributed by atoms with Crippen molar-refractivity contribution in [2.75, 3.05) is 6.61 Å². The first-order valence-corrected chi connectivity index (χ1v) is 24.6. The maximum absolute atomic E-state index is 13.5. The van der Waals surface area contributed by atoms with Gasteiger partial charge >= 0.3 is 0 Å². The van der Waals surface area contributed by atoms with Crippen molar-refractivity contribution in [2.45, 2.75) is 324 Å². The first-order valence-electron chi connectivity index (χ1n) is 24.6. The fraction of sp³-hybridized carbons (Fsp3) is 1.00. The highest BCUT2D eigenvalue weighted by molar-refractivity contribution is 5.11. The van der Waals surface area contributed by atoms with Gasteiger partial charge in [-0.1, -0.05) is 20.8 Å². The van der Waals surface area contributed by atoms with Crippen molar-refractivity contribution in [3.63, 3.8) is 0 Å². The number of aliphatic hydroxyl groups is 3. The molecule has 11 nitrogen and oxygen atoms in total. The molecular weight excluding hydrogens is 793 g/mol. The third-order valence-electron chi connectivity index (χ3n) is 13.5. The van der Waals surface area contributed by atoms with Gasteiger partial charge in [0.05, 0.1) is 24.8 Å². The summed E-state index contributed by atoms with van der Waals surface area (Å²) in [5, 5.41) is 38.2. The minimum Gasteiger partial charge on any atom is -0.388 e. The SMILES string of the molecule is CC(C)N([C@@H]1CC(N(C(C)(C)C)C(C)(C)C)[C@@H](O[C@H]2OC(C(C)(C)C)CC[C@H]2N(C(C)(C)C)C(C)(C)C)[C@H](O)[C@H]1O[C@H]1OC[C@](C)(O)[C@H](N(C(C)(C)C)C(C)(C)C)[C@H]1O)C(C)(C)C. The second-order valence-electron chi connectivity index (χ2n) is 28.3. The van der Waals surface area contributed by atoms with Crippen LogP contribution in [-0.4, -0.2) is 159 Å². The van der Waals surface area contributed by atoms with E-state index in [1.165, 1.54) is 0 Å². The summed E-state index contributed by atoms with van der Waals surface area (Å²) in [7, 11) is 0. The number of hydrogen-bond acceptors (Lipinski definition) is 11. The molecule has 0 aromatic carbocycles. The van der Waals surface area contributed by atoms with E-state index in [4.69, 9.17) is 18.9 Å². The van der Waals surface area contributed by atoms with Crippen molar-refractivity contribution < 1.29 is 34.3 Å². The third kappa shape index (κ3) is 13.2. The number of ether oxygens (including phenoxy) is 4. The van der Waals surface area contributed by atoms with Crippen molar-refractivity contribution in [3.8, 4) is 0 Å². The van der Waals surface area contributed by atoms with Crippen molar-refractivity contribution in [1.29, 1.82) is 0 Å². The van der Waals surface area contributed by atoms with Crippen LogP contribution in [-0.2, 0) is 18.9 Å². The van der Waals surface area contributed by atoms with E-state index in [9.17, 15) is 15.3 Å². The third-order valence-corrected chi connectivity index (χ3v) is 13.5. The maximum Gasteiger partial charge on any atom is 0.185 e. The molecule has 3 rings (SSSR count). The van der Waals surface area contributed by atoms with Crippen molar-refractivity contribution in [2.24, 2.45) is 5.41 Å².